The van der Waals surface area contributed by atoms with E-state index in [1.54, 1.807) is 10.8 Å². The van der Waals surface area contributed by atoms with Gasteiger partial charge in [-0.2, -0.15) is 4.98 Å². The number of fused-ring (bicyclic) bond motifs is 2. The lowest BCUT2D eigenvalue weighted by Crippen LogP contribution is -2.10. The molecule has 3 N–H and O–H groups in total. The first kappa shape index (κ1) is 16.2. The van der Waals surface area contributed by atoms with Crippen LogP contribution in [0.4, 0.5) is 11.8 Å². The van der Waals surface area contributed by atoms with Crippen molar-refractivity contribution in [3.05, 3.63) is 78.5 Å². The molecule has 0 radical (unpaired) electrons. The minimum Gasteiger partial charge on any atom is -0.369 e. The molecule has 0 aliphatic carbocycles. The Balaban J connectivity index is 1.65. The molecule has 0 amide bonds. The predicted octanol–water partition coefficient (Wildman–Crippen LogP) is 3.56. The van der Waals surface area contributed by atoms with Crippen LogP contribution in [-0.2, 0) is 6.54 Å². The highest BCUT2D eigenvalue weighted by atomic mass is 15.3. The van der Waals surface area contributed by atoms with Gasteiger partial charge >= 0.3 is 0 Å². The fraction of sp³-hybridized carbons (Fsp3) is 0.0476. The van der Waals surface area contributed by atoms with Gasteiger partial charge in [-0.15, -0.1) is 0 Å². The average Bonchev–Trinajstić information content (AvgIpc) is 3.08. The first-order valence-corrected chi connectivity index (χ1v) is 8.93. The number of hydrogen-bond acceptors (Lipinski definition) is 6. The maximum atomic E-state index is 6.18. The van der Waals surface area contributed by atoms with Gasteiger partial charge < -0.3 is 11.1 Å². The SMILES string of the molecule is Nc1nc2ccccc2n1-c1nc(NCc2ccccc2)c2ncccc2n1. The molecule has 0 saturated heterocycles. The number of nitrogens with two attached hydrogens (primary N) is 1. The molecule has 0 fully saturated rings. The Hall–Kier alpha value is -4.00. The minimum atomic E-state index is 0.346. The van der Waals surface area contributed by atoms with E-state index < -0.39 is 0 Å². The molecule has 0 bridgehead atoms. The smallest absolute Gasteiger partial charge is 0.239 e. The summed E-state index contributed by atoms with van der Waals surface area (Å²) in [4.78, 5) is 18.3. The van der Waals surface area contributed by atoms with Crippen molar-refractivity contribution in [2.24, 2.45) is 0 Å². The van der Waals surface area contributed by atoms with E-state index in [4.69, 9.17) is 10.7 Å². The number of nitrogens with zero attached hydrogens (tertiary/aromatic N) is 5. The normalized spacial score (nSPS) is 11.1. The largest absolute Gasteiger partial charge is 0.369 e. The molecule has 7 heteroatoms. The van der Waals surface area contributed by atoms with E-state index in [1.807, 2.05) is 54.6 Å². The first-order chi connectivity index (χ1) is 13.8. The van der Waals surface area contributed by atoms with E-state index in [0.717, 1.165) is 22.1 Å². The van der Waals surface area contributed by atoms with Crippen molar-refractivity contribution in [3.8, 4) is 5.95 Å². The quantitative estimate of drug-likeness (QED) is 0.504. The fourth-order valence-electron chi connectivity index (χ4n) is 3.21. The molecular weight excluding hydrogens is 350 g/mol. The number of nitrogen functional groups attached to an aromatic ring is 1. The number of pyridine rings is 1. The molecule has 2 aromatic carbocycles. The van der Waals surface area contributed by atoms with Gasteiger partial charge in [-0.1, -0.05) is 42.5 Å². The van der Waals surface area contributed by atoms with Gasteiger partial charge in [0.15, 0.2) is 5.82 Å². The van der Waals surface area contributed by atoms with Crippen molar-refractivity contribution in [2.75, 3.05) is 11.1 Å². The van der Waals surface area contributed by atoms with Crippen LogP contribution in [0.3, 0.4) is 0 Å². The van der Waals surface area contributed by atoms with E-state index in [-0.39, 0.29) is 0 Å². The van der Waals surface area contributed by atoms with Crippen LogP contribution < -0.4 is 11.1 Å². The van der Waals surface area contributed by atoms with Gasteiger partial charge in [0.1, 0.15) is 5.52 Å². The standard InChI is InChI=1S/C21H17N7/c22-20-25-15-9-4-5-11-17(15)28(20)21-26-16-10-6-12-23-18(16)19(27-21)24-13-14-7-2-1-3-8-14/h1-12H,13H2,(H2,22,25)(H,24,26,27). The van der Waals surface area contributed by atoms with Crippen LogP contribution >= 0.6 is 0 Å². The Morgan fingerprint density at radius 2 is 1.61 bits per heavy atom. The first-order valence-electron chi connectivity index (χ1n) is 8.93. The lowest BCUT2D eigenvalue weighted by atomic mass is 10.2. The van der Waals surface area contributed by atoms with Gasteiger partial charge in [0, 0.05) is 12.7 Å². The van der Waals surface area contributed by atoms with Crippen molar-refractivity contribution in [2.45, 2.75) is 6.54 Å². The van der Waals surface area contributed by atoms with Crippen LogP contribution in [0.1, 0.15) is 5.56 Å². The van der Waals surface area contributed by atoms with E-state index in [1.165, 1.54) is 0 Å². The molecule has 3 aromatic heterocycles. The highest BCUT2D eigenvalue weighted by Crippen LogP contribution is 2.25. The van der Waals surface area contributed by atoms with Crippen LogP contribution in [0.25, 0.3) is 28.0 Å². The zero-order valence-corrected chi connectivity index (χ0v) is 14.9. The molecule has 0 unspecified atom stereocenters. The number of benzene rings is 2. The monoisotopic (exact) mass is 367 g/mol. The third-order valence-electron chi connectivity index (χ3n) is 4.53. The van der Waals surface area contributed by atoms with Crippen molar-refractivity contribution in [1.82, 2.24) is 24.5 Å². The third kappa shape index (κ3) is 2.79. The maximum absolute atomic E-state index is 6.18. The van der Waals surface area contributed by atoms with Gasteiger partial charge in [-0.3, -0.25) is 4.98 Å². The summed E-state index contributed by atoms with van der Waals surface area (Å²) >= 11 is 0. The van der Waals surface area contributed by atoms with Gasteiger partial charge in [-0.05, 0) is 29.8 Å². The van der Waals surface area contributed by atoms with E-state index in [9.17, 15) is 0 Å². The zero-order chi connectivity index (χ0) is 18.9. The molecule has 5 rings (SSSR count). The Kier molecular flexibility index (Phi) is 3.83. The molecule has 5 aromatic rings. The second kappa shape index (κ2) is 6.62. The van der Waals surface area contributed by atoms with Gasteiger partial charge in [0.2, 0.25) is 11.9 Å². The lowest BCUT2D eigenvalue weighted by Gasteiger charge is -2.11. The minimum absolute atomic E-state index is 0.346. The Labute approximate surface area is 160 Å². The number of nitrogens with one attached hydrogen (secondary N) is 1. The topological polar surface area (TPSA) is 94.5 Å². The molecule has 7 nitrogen and oxygen atoms in total. The number of rotatable bonds is 4. The second-order valence-electron chi connectivity index (χ2n) is 6.38. The van der Waals surface area contributed by atoms with Crippen LogP contribution in [0.15, 0.2) is 72.9 Å². The summed E-state index contributed by atoms with van der Waals surface area (Å²) in [6, 6.07) is 21.6. The highest BCUT2D eigenvalue weighted by molar-refractivity contribution is 5.86. The van der Waals surface area contributed by atoms with Crippen molar-refractivity contribution in [3.63, 3.8) is 0 Å². The van der Waals surface area contributed by atoms with Crippen LogP contribution in [0, 0.1) is 0 Å². The zero-order valence-electron chi connectivity index (χ0n) is 14.9. The molecule has 0 aliphatic heterocycles. The number of imidazole rings is 1. The maximum Gasteiger partial charge on any atom is 0.239 e. The number of anilines is 2. The number of hydrogen-bond donors (Lipinski definition) is 2. The summed E-state index contributed by atoms with van der Waals surface area (Å²) in [5.74, 6) is 1.46. The van der Waals surface area contributed by atoms with Crippen LogP contribution in [0.5, 0.6) is 0 Å². The number of aromatic nitrogens is 5. The van der Waals surface area contributed by atoms with E-state index in [2.05, 4.69) is 32.4 Å². The van der Waals surface area contributed by atoms with Gasteiger partial charge in [0.05, 0.1) is 16.6 Å². The second-order valence-corrected chi connectivity index (χ2v) is 6.38. The molecule has 0 saturated carbocycles. The van der Waals surface area contributed by atoms with Gasteiger partial charge in [-0.25, -0.2) is 14.5 Å². The van der Waals surface area contributed by atoms with E-state index >= 15 is 0 Å². The summed E-state index contributed by atoms with van der Waals surface area (Å²) in [7, 11) is 0. The Bertz CT molecular complexity index is 1280. The summed E-state index contributed by atoms with van der Waals surface area (Å²) < 4.78 is 1.76. The molecule has 3 heterocycles. The molecule has 0 spiro atoms. The highest BCUT2D eigenvalue weighted by Gasteiger charge is 2.15. The molecule has 136 valence electrons. The van der Waals surface area contributed by atoms with Crippen molar-refractivity contribution in [1.29, 1.82) is 0 Å². The van der Waals surface area contributed by atoms with Crippen LogP contribution in [-0.4, -0.2) is 24.5 Å². The molecule has 0 atom stereocenters. The Morgan fingerprint density at radius 3 is 2.50 bits per heavy atom. The van der Waals surface area contributed by atoms with E-state index in [0.29, 0.717) is 29.8 Å². The predicted molar refractivity (Wildman–Crippen MR) is 110 cm³/mol. The summed E-state index contributed by atoms with van der Waals surface area (Å²) in [6.45, 7) is 0.628. The molecule has 0 aliphatic rings. The third-order valence-corrected chi connectivity index (χ3v) is 4.53. The number of para-hydroxylation sites is 2. The van der Waals surface area contributed by atoms with Crippen molar-refractivity contribution < 1.29 is 0 Å². The molecular formula is C21H17N7. The van der Waals surface area contributed by atoms with Crippen LogP contribution in [0.2, 0.25) is 0 Å². The Morgan fingerprint density at radius 1 is 0.821 bits per heavy atom. The molecule has 28 heavy (non-hydrogen) atoms. The van der Waals surface area contributed by atoms with Gasteiger partial charge in [0.25, 0.3) is 0 Å². The summed E-state index contributed by atoms with van der Waals surface area (Å²) in [6.07, 6.45) is 1.74. The summed E-state index contributed by atoms with van der Waals surface area (Å²) in [5.41, 5.74) is 10.4. The summed E-state index contributed by atoms with van der Waals surface area (Å²) in [5, 5.41) is 3.39. The fourth-order valence-corrected chi connectivity index (χ4v) is 3.21. The lowest BCUT2D eigenvalue weighted by molar-refractivity contribution is 0.967. The van der Waals surface area contributed by atoms with Crippen molar-refractivity contribution >= 4 is 33.8 Å². The average molecular weight is 367 g/mol.